The number of amides is 1. The maximum absolute atomic E-state index is 13.1. The van der Waals surface area contributed by atoms with Crippen LogP contribution in [0.15, 0.2) is 30.5 Å². The number of benzene rings is 1. The van der Waals surface area contributed by atoms with Crippen LogP contribution in [0.1, 0.15) is 36.1 Å². The summed E-state index contributed by atoms with van der Waals surface area (Å²) in [5.74, 6) is 2.14. The highest BCUT2D eigenvalue weighted by Gasteiger charge is 2.35. The highest BCUT2D eigenvalue weighted by Crippen LogP contribution is 2.33. The Morgan fingerprint density at radius 2 is 2.11 bits per heavy atom. The Kier molecular flexibility index (Phi) is 3.97. The summed E-state index contributed by atoms with van der Waals surface area (Å²) in [5.41, 5.74) is 2.14. The minimum atomic E-state index is 0.0485. The van der Waals surface area contributed by atoms with Crippen LogP contribution < -0.4 is 0 Å². The van der Waals surface area contributed by atoms with Crippen LogP contribution in [0.2, 0.25) is 0 Å². The predicted octanol–water partition coefficient (Wildman–Crippen LogP) is 2.11. The van der Waals surface area contributed by atoms with E-state index in [1.54, 1.807) is 0 Å². The number of carbonyl (C=O) groups is 1. The molecule has 1 amide bonds. The van der Waals surface area contributed by atoms with E-state index in [9.17, 15) is 4.79 Å². The normalized spacial score (nSPS) is 20.3. The van der Waals surface area contributed by atoms with Gasteiger partial charge < -0.3 is 14.5 Å². The van der Waals surface area contributed by atoms with Gasteiger partial charge in [-0.3, -0.25) is 9.69 Å². The smallest absolute Gasteiger partial charge is 0.227 e. The average molecular weight is 364 g/mol. The molecule has 7 nitrogen and oxygen atoms in total. The van der Waals surface area contributed by atoms with Gasteiger partial charge in [-0.1, -0.05) is 18.2 Å². The summed E-state index contributed by atoms with van der Waals surface area (Å²) in [6.45, 7) is 3.51. The molecule has 5 rings (SSSR count). The molecule has 1 fully saturated rings. The molecule has 0 aliphatic carbocycles. The Morgan fingerprint density at radius 1 is 1.22 bits per heavy atom. The van der Waals surface area contributed by atoms with Gasteiger partial charge in [0.05, 0.1) is 19.0 Å². The number of aromatic nitrogens is 4. The molecule has 1 N–H and O–H groups in total. The van der Waals surface area contributed by atoms with Gasteiger partial charge in [0.15, 0.2) is 5.82 Å². The first-order chi connectivity index (χ1) is 13.2. The van der Waals surface area contributed by atoms with Crippen LogP contribution in [-0.4, -0.2) is 55.6 Å². The van der Waals surface area contributed by atoms with Crippen LogP contribution in [0.4, 0.5) is 0 Å². The third-order valence-corrected chi connectivity index (χ3v) is 5.86. The molecule has 0 radical (unpaired) electrons. The maximum Gasteiger partial charge on any atom is 0.227 e. The summed E-state index contributed by atoms with van der Waals surface area (Å²) in [6.07, 6.45) is 4.37. The van der Waals surface area contributed by atoms with E-state index in [4.69, 9.17) is 0 Å². The fraction of sp³-hybridized carbons (Fsp3) is 0.450. The largest absolute Gasteiger partial charge is 0.361 e. The quantitative estimate of drug-likeness (QED) is 0.773. The number of para-hydroxylation sites is 1. The summed E-state index contributed by atoms with van der Waals surface area (Å²) >= 11 is 0. The first kappa shape index (κ1) is 16.5. The third kappa shape index (κ3) is 2.82. The fourth-order valence-electron chi connectivity index (χ4n) is 4.42. The van der Waals surface area contributed by atoms with Gasteiger partial charge in [0.1, 0.15) is 5.82 Å². The third-order valence-electron chi connectivity index (χ3n) is 5.86. The lowest BCUT2D eigenvalue weighted by atomic mass is 10.1. The number of likely N-dealkylation sites (N-methyl/N-ethyl adjacent to an activating group) is 1. The van der Waals surface area contributed by atoms with Crippen molar-refractivity contribution < 1.29 is 4.79 Å². The van der Waals surface area contributed by atoms with Gasteiger partial charge in [-0.25, -0.2) is 0 Å². The van der Waals surface area contributed by atoms with Crippen molar-refractivity contribution in [2.45, 2.75) is 38.4 Å². The van der Waals surface area contributed by atoms with E-state index in [2.05, 4.69) is 37.8 Å². The molecule has 1 atom stereocenters. The zero-order chi connectivity index (χ0) is 18.4. The van der Waals surface area contributed by atoms with Gasteiger partial charge in [0.25, 0.3) is 0 Å². The zero-order valence-electron chi connectivity index (χ0n) is 15.6. The Balaban J connectivity index is 1.39. The monoisotopic (exact) mass is 364 g/mol. The number of nitrogens with one attached hydrogen (secondary N) is 1. The number of hydrogen-bond acceptors (Lipinski definition) is 4. The second kappa shape index (κ2) is 6.49. The number of H-pyrrole nitrogens is 1. The van der Waals surface area contributed by atoms with E-state index in [0.717, 1.165) is 67.1 Å². The SMILES string of the molecule is CN1CCn2c(nnc2[C@@H]2CCCN2C(=O)Cc2c[nH]c3ccccc23)C1. The van der Waals surface area contributed by atoms with Gasteiger partial charge in [0.2, 0.25) is 5.91 Å². The van der Waals surface area contributed by atoms with Gasteiger partial charge in [0, 0.05) is 36.7 Å². The van der Waals surface area contributed by atoms with Crippen LogP contribution in [0, 0.1) is 0 Å². The fourth-order valence-corrected chi connectivity index (χ4v) is 4.42. The highest BCUT2D eigenvalue weighted by atomic mass is 16.2. The van der Waals surface area contributed by atoms with Crippen molar-refractivity contribution in [2.24, 2.45) is 0 Å². The molecule has 0 spiro atoms. The van der Waals surface area contributed by atoms with Crippen LogP contribution in [0.25, 0.3) is 10.9 Å². The predicted molar refractivity (Wildman–Crippen MR) is 102 cm³/mol. The Hall–Kier alpha value is -2.67. The Morgan fingerprint density at radius 3 is 3.04 bits per heavy atom. The van der Waals surface area contributed by atoms with Crippen molar-refractivity contribution in [1.82, 2.24) is 29.5 Å². The Bertz CT molecular complexity index is 989. The molecular formula is C20H24N6O. The Labute approximate surface area is 158 Å². The van der Waals surface area contributed by atoms with E-state index < -0.39 is 0 Å². The van der Waals surface area contributed by atoms with Crippen molar-refractivity contribution in [3.05, 3.63) is 47.7 Å². The van der Waals surface area contributed by atoms with Gasteiger partial charge >= 0.3 is 0 Å². The van der Waals surface area contributed by atoms with Gasteiger partial charge in [-0.2, -0.15) is 0 Å². The molecule has 1 aromatic carbocycles. The summed E-state index contributed by atoms with van der Waals surface area (Å²) in [7, 11) is 2.10. The number of likely N-dealkylation sites (tertiary alicyclic amines) is 1. The number of fused-ring (bicyclic) bond motifs is 2. The lowest BCUT2D eigenvalue weighted by Crippen LogP contribution is -2.35. The van der Waals surface area contributed by atoms with E-state index >= 15 is 0 Å². The zero-order valence-corrected chi connectivity index (χ0v) is 15.6. The molecule has 2 aliphatic heterocycles. The topological polar surface area (TPSA) is 70.1 Å². The number of aromatic amines is 1. The van der Waals surface area contributed by atoms with Crippen LogP contribution in [0.5, 0.6) is 0 Å². The number of rotatable bonds is 3. The van der Waals surface area contributed by atoms with E-state index in [1.165, 1.54) is 0 Å². The van der Waals surface area contributed by atoms with Crippen molar-refractivity contribution in [3.8, 4) is 0 Å². The van der Waals surface area contributed by atoms with Crippen molar-refractivity contribution in [2.75, 3.05) is 20.1 Å². The molecule has 3 aromatic rings. The van der Waals surface area contributed by atoms with Gasteiger partial charge in [-0.05, 0) is 31.5 Å². The van der Waals surface area contributed by atoms with E-state index in [0.29, 0.717) is 6.42 Å². The molecule has 140 valence electrons. The molecule has 0 saturated carbocycles. The maximum atomic E-state index is 13.1. The molecule has 2 aliphatic rings. The van der Waals surface area contributed by atoms with Gasteiger partial charge in [-0.15, -0.1) is 10.2 Å². The molecule has 0 unspecified atom stereocenters. The molecule has 27 heavy (non-hydrogen) atoms. The molecule has 0 bridgehead atoms. The van der Waals surface area contributed by atoms with Crippen LogP contribution in [0.3, 0.4) is 0 Å². The molecule has 1 saturated heterocycles. The van der Waals surface area contributed by atoms with E-state index in [-0.39, 0.29) is 11.9 Å². The lowest BCUT2D eigenvalue weighted by Gasteiger charge is -2.28. The molecule has 4 heterocycles. The minimum Gasteiger partial charge on any atom is -0.361 e. The number of nitrogens with zero attached hydrogens (tertiary/aromatic N) is 5. The minimum absolute atomic E-state index is 0.0485. The molecule has 7 heteroatoms. The van der Waals surface area contributed by atoms with Crippen molar-refractivity contribution >= 4 is 16.8 Å². The van der Waals surface area contributed by atoms with Crippen molar-refractivity contribution in [1.29, 1.82) is 0 Å². The van der Waals surface area contributed by atoms with E-state index in [1.807, 2.05) is 29.3 Å². The first-order valence-electron chi connectivity index (χ1n) is 9.65. The lowest BCUT2D eigenvalue weighted by molar-refractivity contribution is -0.131. The summed E-state index contributed by atoms with van der Waals surface area (Å²) in [5, 5.41) is 10.00. The first-order valence-corrected chi connectivity index (χ1v) is 9.65. The molecular weight excluding hydrogens is 340 g/mol. The summed E-state index contributed by atoms with van der Waals surface area (Å²) in [6, 6.07) is 8.19. The van der Waals surface area contributed by atoms with Crippen LogP contribution in [-0.2, 0) is 24.3 Å². The average Bonchev–Trinajstić information content (AvgIpc) is 3.39. The highest BCUT2D eigenvalue weighted by molar-refractivity contribution is 5.89. The number of carbonyl (C=O) groups excluding carboxylic acids is 1. The standard InChI is InChI=1S/C20H24N6O/c1-24-9-10-26-18(13-24)22-23-20(26)17-7-4-8-25(17)19(27)11-14-12-21-16-6-3-2-5-15(14)16/h2-3,5-6,12,17,21H,4,7-11,13H2,1H3/t17-/m0/s1. The second-order valence-corrected chi connectivity index (χ2v) is 7.65. The summed E-state index contributed by atoms with van der Waals surface area (Å²) in [4.78, 5) is 20.7. The number of hydrogen-bond donors (Lipinski definition) is 1. The second-order valence-electron chi connectivity index (χ2n) is 7.65. The molecule has 2 aromatic heterocycles. The van der Waals surface area contributed by atoms with Crippen molar-refractivity contribution in [3.63, 3.8) is 0 Å². The van der Waals surface area contributed by atoms with Crippen LogP contribution >= 0.6 is 0 Å². The summed E-state index contributed by atoms with van der Waals surface area (Å²) < 4.78 is 2.22.